The zero-order chi connectivity index (χ0) is 19.6. The van der Waals surface area contributed by atoms with Gasteiger partial charge in [-0.05, 0) is 61.9 Å². The quantitative estimate of drug-likeness (QED) is 0.803. The third-order valence-electron chi connectivity index (χ3n) is 5.59. The van der Waals surface area contributed by atoms with Crippen LogP contribution in [0.3, 0.4) is 0 Å². The lowest BCUT2D eigenvalue weighted by Crippen LogP contribution is -2.37. The highest BCUT2D eigenvalue weighted by atomic mass is 32.2. The Morgan fingerprint density at radius 1 is 1.07 bits per heavy atom. The van der Waals surface area contributed by atoms with Gasteiger partial charge in [0.05, 0.1) is 4.90 Å². The molecule has 0 aromatic heterocycles. The van der Waals surface area contributed by atoms with Gasteiger partial charge < -0.3 is 4.90 Å². The molecule has 146 valence electrons. The van der Waals surface area contributed by atoms with Crippen molar-refractivity contribution in [3.05, 3.63) is 59.7 Å². The van der Waals surface area contributed by atoms with Crippen LogP contribution in [0.5, 0.6) is 0 Å². The van der Waals surface area contributed by atoms with Crippen molar-refractivity contribution in [1.82, 2.24) is 4.72 Å². The maximum absolute atomic E-state index is 12.5. The lowest BCUT2D eigenvalue weighted by molar-refractivity contribution is 0.476. The Balaban J connectivity index is 1.77. The summed E-state index contributed by atoms with van der Waals surface area (Å²) in [5.41, 5.74) is 3.80. The number of aryl methyl sites for hydroxylation is 1. The fourth-order valence-electron chi connectivity index (χ4n) is 3.42. The first-order valence-electron chi connectivity index (χ1n) is 9.74. The van der Waals surface area contributed by atoms with Crippen LogP contribution in [0.15, 0.2) is 53.4 Å². The fourth-order valence-corrected chi connectivity index (χ4v) is 4.81. The Morgan fingerprint density at radius 2 is 1.74 bits per heavy atom. The second-order valence-corrected chi connectivity index (χ2v) is 9.66. The van der Waals surface area contributed by atoms with Gasteiger partial charge in [0.25, 0.3) is 0 Å². The van der Waals surface area contributed by atoms with Gasteiger partial charge in [-0.2, -0.15) is 0 Å². The molecule has 5 heteroatoms. The summed E-state index contributed by atoms with van der Waals surface area (Å²) >= 11 is 0. The van der Waals surface area contributed by atoms with E-state index in [4.69, 9.17) is 0 Å². The molecule has 3 rings (SSSR count). The summed E-state index contributed by atoms with van der Waals surface area (Å²) in [7, 11) is -3.48. The lowest BCUT2D eigenvalue weighted by Gasteiger charge is -2.37. The molecule has 4 nitrogen and oxygen atoms in total. The van der Waals surface area contributed by atoms with Crippen molar-refractivity contribution >= 4 is 15.7 Å². The molecule has 27 heavy (non-hydrogen) atoms. The fraction of sp³-hybridized carbons (Fsp3) is 0.455. The van der Waals surface area contributed by atoms with Crippen LogP contribution in [0.25, 0.3) is 0 Å². The van der Waals surface area contributed by atoms with Gasteiger partial charge in [-0.25, -0.2) is 13.1 Å². The van der Waals surface area contributed by atoms with Crippen molar-refractivity contribution in [3.63, 3.8) is 0 Å². The second-order valence-electron chi connectivity index (χ2n) is 7.94. The second kappa shape index (κ2) is 8.03. The molecule has 0 amide bonds. The number of fused-ring (bicyclic) bond motifs is 1. The molecule has 2 aromatic rings. The molecule has 2 atom stereocenters. The van der Waals surface area contributed by atoms with Crippen molar-refractivity contribution in [2.24, 2.45) is 5.92 Å². The van der Waals surface area contributed by atoms with E-state index in [9.17, 15) is 8.42 Å². The number of nitrogens with zero attached hydrogens (tertiary/aromatic N) is 1. The van der Waals surface area contributed by atoms with Gasteiger partial charge in [-0.1, -0.05) is 44.2 Å². The molecule has 1 aliphatic rings. The number of anilines is 1. The topological polar surface area (TPSA) is 49.4 Å². The summed E-state index contributed by atoms with van der Waals surface area (Å²) in [5, 5.41) is 0. The molecular formula is C22H30N2O2S. The Kier molecular flexibility index (Phi) is 5.92. The average molecular weight is 387 g/mol. The largest absolute Gasteiger partial charge is 0.364 e. The van der Waals surface area contributed by atoms with Crippen LogP contribution >= 0.6 is 0 Å². The molecule has 2 aromatic carbocycles. The highest BCUT2D eigenvalue weighted by Gasteiger charge is 2.23. The van der Waals surface area contributed by atoms with E-state index in [-0.39, 0.29) is 12.0 Å². The maximum Gasteiger partial charge on any atom is 0.240 e. The number of benzene rings is 2. The molecule has 0 radical (unpaired) electrons. The molecule has 0 spiro atoms. The molecule has 2 unspecified atom stereocenters. The van der Waals surface area contributed by atoms with Gasteiger partial charge in [0.15, 0.2) is 0 Å². The van der Waals surface area contributed by atoms with E-state index in [1.54, 1.807) is 12.1 Å². The van der Waals surface area contributed by atoms with Gasteiger partial charge in [0.1, 0.15) is 0 Å². The molecule has 0 bridgehead atoms. The minimum absolute atomic E-state index is 0.0969. The van der Waals surface area contributed by atoms with Crippen LogP contribution in [0.2, 0.25) is 0 Å². The van der Waals surface area contributed by atoms with Crippen LogP contribution in [0.4, 0.5) is 5.69 Å². The first-order chi connectivity index (χ1) is 12.8. The normalized spacial score (nSPS) is 18.4. The van der Waals surface area contributed by atoms with E-state index in [0.29, 0.717) is 10.9 Å². The van der Waals surface area contributed by atoms with Crippen LogP contribution in [0.1, 0.15) is 45.2 Å². The summed E-state index contributed by atoms with van der Waals surface area (Å²) in [6, 6.07) is 16.2. The number of nitrogens with one attached hydrogen (secondary N) is 1. The number of para-hydroxylation sites is 1. The number of rotatable bonds is 6. The van der Waals surface area contributed by atoms with Crippen molar-refractivity contribution in [3.8, 4) is 0 Å². The Bertz CT molecular complexity index is 875. The molecule has 0 fully saturated rings. The Hall–Kier alpha value is -1.85. The Labute approximate surface area is 163 Å². The van der Waals surface area contributed by atoms with Crippen molar-refractivity contribution in [1.29, 1.82) is 0 Å². The highest BCUT2D eigenvalue weighted by Crippen LogP contribution is 2.31. The van der Waals surface area contributed by atoms with Crippen molar-refractivity contribution < 1.29 is 8.42 Å². The van der Waals surface area contributed by atoms with E-state index in [1.165, 1.54) is 11.3 Å². The maximum atomic E-state index is 12.5. The SMILES string of the molecule is CC(C)C(C)NS(=O)(=O)c1ccc(CN2c3ccccc3CCC2C)cc1. The predicted octanol–water partition coefficient (Wildman–Crippen LogP) is 4.35. The number of hydrogen-bond donors (Lipinski definition) is 1. The molecular weight excluding hydrogens is 356 g/mol. The Morgan fingerprint density at radius 3 is 2.41 bits per heavy atom. The van der Waals surface area contributed by atoms with Gasteiger partial charge in [-0.15, -0.1) is 0 Å². The molecule has 0 saturated heterocycles. The van der Waals surface area contributed by atoms with Gasteiger partial charge >= 0.3 is 0 Å². The molecule has 0 aliphatic carbocycles. The third kappa shape index (κ3) is 4.53. The van der Waals surface area contributed by atoms with Gasteiger partial charge in [0, 0.05) is 24.3 Å². The lowest BCUT2D eigenvalue weighted by atomic mass is 9.96. The standard InChI is InChI=1S/C22H30N2O2S/c1-16(2)18(4)23-27(25,26)21-13-10-19(11-14-21)15-24-17(3)9-12-20-7-5-6-8-22(20)24/h5-8,10-11,13-14,16-18,23H,9,12,15H2,1-4H3. The summed E-state index contributed by atoms with van der Waals surface area (Å²) in [5.74, 6) is 0.250. The van der Waals surface area contributed by atoms with Gasteiger partial charge in [-0.3, -0.25) is 0 Å². The highest BCUT2D eigenvalue weighted by molar-refractivity contribution is 7.89. The predicted molar refractivity (Wildman–Crippen MR) is 111 cm³/mol. The number of hydrogen-bond acceptors (Lipinski definition) is 3. The summed E-state index contributed by atoms with van der Waals surface area (Å²) in [6.45, 7) is 8.95. The zero-order valence-electron chi connectivity index (χ0n) is 16.6. The minimum atomic E-state index is -3.48. The van der Waals surface area contributed by atoms with Crippen LogP contribution in [0, 0.1) is 5.92 Å². The van der Waals surface area contributed by atoms with E-state index in [2.05, 4.69) is 40.8 Å². The summed E-state index contributed by atoms with van der Waals surface area (Å²) in [6.07, 6.45) is 2.26. The number of sulfonamides is 1. The van der Waals surface area contributed by atoms with E-state index >= 15 is 0 Å². The van der Waals surface area contributed by atoms with Crippen molar-refractivity contribution in [2.45, 2.75) is 64.1 Å². The van der Waals surface area contributed by atoms with Crippen LogP contribution in [-0.2, 0) is 23.0 Å². The molecule has 1 heterocycles. The molecule has 1 aliphatic heterocycles. The zero-order valence-corrected chi connectivity index (χ0v) is 17.5. The van der Waals surface area contributed by atoms with E-state index < -0.39 is 10.0 Å². The summed E-state index contributed by atoms with van der Waals surface area (Å²) < 4.78 is 27.8. The summed E-state index contributed by atoms with van der Waals surface area (Å²) in [4.78, 5) is 2.74. The third-order valence-corrected chi connectivity index (χ3v) is 7.17. The van der Waals surface area contributed by atoms with Gasteiger partial charge in [0.2, 0.25) is 10.0 Å². The monoisotopic (exact) mass is 386 g/mol. The first-order valence-corrected chi connectivity index (χ1v) is 11.2. The van der Waals surface area contributed by atoms with Crippen molar-refractivity contribution in [2.75, 3.05) is 4.90 Å². The minimum Gasteiger partial charge on any atom is -0.364 e. The van der Waals surface area contributed by atoms with E-state index in [0.717, 1.165) is 24.9 Å². The van der Waals surface area contributed by atoms with Crippen LogP contribution < -0.4 is 9.62 Å². The molecule has 0 saturated carbocycles. The van der Waals surface area contributed by atoms with Crippen LogP contribution in [-0.4, -0.2) is 20.5 Å². The average Bonchev–Trinajstić information content (AvgIpc) is 2.64. The van der Waals surface area contributed by atoms with E-state index in [1.807, 2.05) is 32.9 Å². The smallest absolute Gasteiger partial charge is 0.240 e. The molecule has 1 N–H and O–H groups in total. The first kappa shape index (κ1) is 19.9.